The lowest BCUT2D eigenvalue weighted by Gasteiger charge is -2.28. The average molecular weight is 535 g/mol. The van der Waals surface area contributed by atoms with Crippen molar-refractivity contribution in [2.75, 3.05) is 40.9 Å². The Labute approximate surface area is 188 Å². The second-order valence-corrected chi connectivity index (χ2v) is 9.99. The molecule has 0 saturated heterocycles. The molecule has 0 saturated carbocycles. The molecule has 0 aliphatic carbocycles. The van der Waals surface area contributed by atoms with Gasteiger partial charge in [-0.1, -0.05) is 23.8 Å². The van der Waals surface area contributed by atoms with Crippen molar-refractivity contribution in [1.29, 1.82) is 0 Å². The van der Waals surface area contributed by atoms with Crippen LogP contribution in [0.15, 0.2) is 47.4 Å². The summed E-state index contributed by atoms with van der Waals surface area (Å²) in [5, 5.41) is 8.98. The van der Waals surface area contributed by atoms with E-state index in [-0.39, 0.29) is 11.5 Å². The summed E-state index contributed by atoms with van der Waals surface area (Å²) < 4.78 is 38.5. The van der Waals surface area contributed by atoms with Gasteiger partial charge in [-0.25, -0.2) is 8.42 Å². The Morgan fingerprint density at radius 3 is 2.21 bits per heavy atom. The Morgan fingerprint density at radius 2 is 1.72 bits per heavy atom. The molecule has 0 unspecified atom stereocenters. The van der Waals surface area contributed by atoms with Gasteiger partial charge in [0.2, 0.25) is 0 Å². The van der Waals surface area contributed by atoms with Crippen molar-refractivity contribution in [3.05, 3.63) is 57.2 Å². The predicted octanol–water partition coefficient (Wildman–Crippen LogP) is 3.20. The fourth-order valence-corrected chi connectivity index (χ4v) is 3.93. The van der Waals surface area contributed by atoms with E-state index in [0.29, 0.717) is 0 Å². The van der Waals surface area contributed by atoms with E-state index in [1.54, 1.807) is 19.2 Å². The molecule has 0 spiro atoms. The van der Waals surface area contributed by atoms with Crippen molar-refractivity contribution in [2.45, 2.75) is 24.7 Å². The number of ether oxygens (including phenoxy) is 1. The minimum atomic E-state index is -4.27. The Kier molecular flexibility index (Phi) is 10.6. The van der Waals surface area contributed by atoms with Gasteiger partial charge in [-0.3, -0.25) is 0 Å². The number of methoxy groups -OCH3 is 1. The molecule has 2 aromatic rings. The fraction of sp³-hybridized carbons (Fsp3) is 0.429. The number of benzene rings is 2. The average Bonchev–Trinajstić information content (AvgIpc) is 2.62. The van der Waals surface area contributed by atoms with Gasteiger partial charge in [-0.05, 0) is 65.8 Å². The van der Waals surface area contributed by atoms with Crippen LogP contribution in [0.4, 0.5) is 0 Å². The molecule has 0 bridgehead atoms. The number of halogens is 1. The molecule has 0 atom stereocenters. The number of quaternary nitrogens is 1. The topological polar surface area (TPSA) is 86.7 Å². The number of likely N-dealkylation sites (N-methyl/N-ethyl adjacent to an activating group) is 1. The van der Waals surface area contributed by atoms with E-state index in [2.05, 4.69) is 48.8 Å². The van der Waals surface area contributed by atoms with Gasteiger partial charge in [0.1, 0.15) is 22.4 Å². The maximum atomic E-state index is 10.4. The minimum Gasteiger partial charge on any atom is -0.744 e. The zero-order valence-electron chi connectivity index (χ0n) is 17.4. The molecule has 6 nitrogen and oxygen atoms in total. The number of nitrogens with zero attached hydrogens (tertiary/aromatic N) is 1. The van der Waals surface area contributed by atoms with Crippen LogP contribution in [0.1, 0.15) is 17.5 Å². The first-order chi connectivity index (χ1) is 13.5. The Hall–Kier alpha value is -1.20. The predicted molar refractivity (Wildman–Crippen MR) is 122 cm³/mol. The van der Waals surface area contributed by atoms with Crippen LogP contribution in [0.2, 0.25) is 0 Å². The van der Waals surface area contributed by atoms with Crippen molar-refractivity contribution < 1.29 is 27.3 Å². The highest BCUT2D eigenvalue weighted by Crippen LogP contribution is 2.22. The zero-order valence-corrected chi connectivity index (χ0v) is 20.4. The van der Waals surface area contributed by atoms with Crippen LogP contribution < -0.4 is 4.74 Å². The molecule has 0 heterocycles. The van der Waals surface area contributed by atoms with Crippen molar-refractivity contribution in [2.24, 2.45) is 0 Å². The van der Waals surface area contributed by atoms with Crippen molar-refractivity contribution >= 4 is 32.7 Å². The van der Waals surface area contributed by atoms with Crippen LogP contribution in [0.3, 0.4) is 0 Å². The van der Waals surface area contributed by atoms with E-state index in [4.69, 9.17) is 9.84 Å². The van der Waals surface area contributed by atoms with Gasteiger partial charge in [0.05, 0.1) is 42.8 Å². The van der Waals surface area contributed by atoms with Gasteiger partial charge >= 0.3 is 0 Å². The van der Waals surface area contributed by atoms with Crippen LogP contribution in [-0.4, -0.2) is 63.5 Å². The summed E-state index contributed by atoms with van der Waals surface area (Å²) in [6.07, 6.45) is 2.21. The van der Waals surface area contributed by atoms with E-state index in [9.17, 15) is 13.0 Å². The van der Waals surface area contributed by atoms with E-state index >= 15 is 0 Å². The van der Waals surface area contributed by atoms with Gasteiger partial charge in [-0.15, -0.1) is 0 Å². The van der Waals surface area contributed by atoms with Gasteiger partial charge in [0.25, 0.3) is 0 Å². The molecule has 0 aromatic heterocycles. The van der Waals surface area contributed by atoms with Crippen LogP contribution in [0.25, 0.3) is 0 Å². The summed E-state index contributed by atoms with van der Waals surface area (Å²) in [7, 11) is 1.75. The summed E-state index contributed by atoms with van der Waals surface area (Å²) >= 11 is 2.31. The maximum absolute atomic E-state index is 10.4. The number of rotatable bonds is 8. The third-order valence-electron chi connectivity index (χ3n) is 4.46. The molecular formula is C21H30INO5S. The standard InChI is InChI=1S/C14H23INO2.C7H8O3S/c1-16(2,9-10-17)8-4-5-12-6-7-14(18-3)13(15)11-12;1-6-2-4-7(5-3-6)11(8,9)10/h6-7,11,17H,4-5,8-10H2,1-3H3;2-5H,1H3,(H,8,9,10)/q+1;/p-1. The highest BCUT2D eigenvalue weighted by atomic mass is 127. The normalized spacial score (nSPS) is 11.6. The van der Waals surface area contributed by atoms with Gasteiger partial charge in [-0.2, -0.15) is 0 Å². The molecule has 29 heavy (non-hydrogen) atoms. The summed E-state index contributed by atoms with van der Waals surface area (Å²) in [4.78, 5) is -0.178. The van der Waals surface area contributed by atoms with Gasteiger partial charge in [0.15, 0.2) is 0 Å². The Bertz CT molecular complexity index is 867. The third kappa shape index (κ3) is 9.90. The molecule has 0 fully saturated rings. The molecule has 0 radical (unpaired) electrons. The monoisotopic (exact) mass is 535 g/mol. The largest absolute Gasteiger partial charge is 0.744 e. The fourth-order valence-electron chi connectivity index (χ4n) is 2.66. The Balaban J connectivity index is 0.000000326. The first-order valence-electron chi connectivity index (χ1n) is 9.26. The van der Waals surface area contributed by atoms with E-state index < -0.39 is 10.1 Å². The van der Waals surface area contributed by atoms with Gasteiger partial charge in [0, 0.05) is 6.42 Å². The van der Waals surface area contributed by atoms with E-state index in [1.165, 1.54) is 17.7 Å². The summed E-state index contributed by atoms with van der Waals surface area (Å²) in [5.41, 5.74) is 2.28. The number of aryl methyl sites for hydroxylation is 2. The SMILES string of the molecule is COc1ccc(CCC[N+](C)(C)CCO)cc1I.Cc1ccc(S(=O)(=O)[O-])cc1. The van der Waals surface area contributed by atoms with Crippen LogP contribution in [0, 0.1) is 10.5 Å². The molecule has 0 amide bonds. The molecule has 2 aromatic carbocycles. The molecule has 8 heteroatoms. The van der Waals surface area contributed by atoms with Crippen LogP contribution in [0.5, 0.6) is 5.75 Å². The summed E-state index contributed by atoms with van der Waals surface area (Å²) in [6, 6.07) is 12.1. The van der Waals surface area contributed by atoms with Crippen LogP contribution in [-0.2, 0) is 16.5 Å². The van der Waals surface area contributed by atoms with Crippen molar-refractivity contribution in [3.8, 4) is 5.75 Å². The second kappa shape index (κ2) is 11.8. The van der Waals surface area contributed by atoms with Gasteiger partial charge < -0.3 is 18.9 Å². The first kappa shape index (κ1) is 25.8. The number of aliphatic hydroxyl groups is 1. The highest BCUT2D eigenvalue weighted by Gasteiger charge is 2.13. The smallest absolute Gasteiger partial charge is 0.132 e. The molecule has 2 rings (SSSR count). The zero-order chi connectivity index (χ0) is 22.1. The third-order valence-corrected chi connectivity index (χ3v) is 6.15. The number of aliphatic hydroxyl groups excluding tert-OH is 1. The maximum Gasteiger partial charge on any atom is 0.132 e. The molecule has 162 valence electrons. The lowest BCUT2D eigenvalue weighted by molar-refractivity contribution is -0.890. The minimum absolute atomic E-state index is 0.178. The Morgan fingerprint density at radius 1 is 1.10 bits per heavy atom. The van der Waals surface area contributed by atoms with Crippen molar-refractivity contribution in [1.82, 2.24) is 0 Å². The van der Waals surface area contributed by atoms with Crippen LogP contribution >= 0.6 is 22.6 Å². The summed E-state index contributed by atoms with van der Waals surface area (Å²) in [6.45, 7) is 3.98. The second-order valence-electron chi connectivity index (χ2n) is 7.45. The molecular weight excluding hydrogens is 505 g/mol. The quantitative estimate of drug-likeness (QED) is 0.319. The van der Waals surface area contributed by atoms with Crippen molar-refractivity contribution in [3.63, 3.8) is 0 Å². The molecule has 0 aliphatic heterocycles. The van der Waals surface area contributed by atoms with E-state index in [0.717, 1.165) is 45.3 Å². The number of hydrogen-bond acceptors (Lipinski definition) is 5. The molecule has 1 N–H and O–H groups in total. The van der Waals surface area contributed by atoms with E-state index in [1.807, 2.05) is 13.0 Å². The lowest BCUT2D eigenvalue weighted by atomic mass is 10.1. The number of hydrogen-bond donors (Lipinski definition) is 1. The summed E-state index contributed by atoms with van der Waals surface area (Å²) in [5.74, 6) is 0.941. The lowest BCUT2D eigenvalue weighted by Crippen LogP contribution is -2.42. The first-order valence-corrected chi connectivity index (χ1v) is 11.7. The highest BCUT2D eigenvalue weighted by molar-refractivity contribution is 14.1. The molecule has 0 aliphatic rings.